The van der Waals surface area contributed by atoms with Crippen molar-refractivity contribution in [3.05, 3.63) is 18.5 Å². The third kappa shape index (κ3) is 7.65. The first kappa shape index (κ1) is 23.2. The van der Waals surface area contributed by atoms with Crippen LogP contribution in [0, 0.1) is 5.92 Å². The minimum Gasteiger partial charge on any atom is -0.356 e. The first-order chi connectivity index (χ1) is 15.2. The van der Waals surface area contributed by atoms with Gasteiger partial charge in [0.05, 0.1) is 0 Å². The summed E-state index contributed by atoms with van der Waals surface area (Å²) in [6.45, 7) is 10.4. The lowest BCUT2D eigenvalue weighted by molar-refractivity contribution is -0.131. The number of carbonyl (C=O) groups excluding carboxylic acids is 1. The number of nitrogens with one attached hydrogen (secondary N) is 2. The van der Waals surface area contributed by atoms with Gasteiger partial charge in [-0.2, -0.15) is 0 Å². The first-order valence-electron chi connectivity index (χ1n) is 11.6. The fourth-order valence-electron chi connectivity index (χ4n) is 4.07. The standard InChI is InChI=1S/C22H38N8O/c1-19-6-13-28(14-7-19)12-4-10-24-21(23-2)25-11-5-20(31)29-15-17-30(18-16-29)22-26-8-3-9-27-22/h3,8-9,19H,4-7,10-18H2,1-2H3,(H2,23,24,25). The van der Waals surface area contributed by atoms with Crippen LogP contribution >= 0.6 is 0 Å². The molecule has 2 saturated heterocycles. The van der Waals surface area contributed by atoms with E-state index in [1.54, 1.807) is 19.4 Å². The molecule has 9 nitrogen and oxygen atoms in total. The summed E-state index contributed by atoms with van der Waals surface area (Å²) >= 11 is 0. The van der Waals surface area contributed by atoms with Gasteiger partial charge in [-0.25, -0.2) is 9.97 Å². The third-order valence-corrected chi connectivity index (χ3v) is 6.14. The van der Waals surface area contributed by atoms with Gasteiger partial charge in [0.1, 0.15) is 0 Å². The molecule has 1 amide bonds. The van der Waals surface area contributed by atoms with E-state index in [2.05, 4.69) is 42.3 Å². The number of aliphatic imine (C=N–C) groups is 1. The number of aromatic nitrogens is 2. The Morgan fingerprint density at radius 1 is 1.06 bits per heavy atom. The third-order valence-electron chi connectivity index (χ3n) is 6.14. The molecule has 2 aliphatic heterocycles. The van der Waals surface area contributed by atoms with Gasteiger partial charge in [0.25, 0.3) is 0 Å². The Morgan fingerprint density at radius 2 is 1.74 bits per heavy atom. The van der Waals surface area contributed by atoms with Crippen LogP contribution in [0.15, 0.2) is 23.5 Å². The maximum absolute atomic E-state index is 12.5. The average Bonchev–Trinajstić information content (AvgIpc) is 2.82. The molecule has 9 heteroatoms. The number of amides is 1. The van der Waals surface area contributed by atoms with Gasteiger partial charge in [-0.05, 0) is 50.9 Å². The summed E-state index contributed by atoms with van der Waals surface area (Å²) in [6.07, 6.45) is 7.71. The molecule has 0 aromatic carbocycles. The van der Waals surface area contributed by atoms with E-state index in [4.69, 9.17) is 0 Å². The van der Waals surface area contributed by atoms with Gasteiger partial charge in [-0.3, -0.25) is 9.79 Å². The van der Waals surface area contributed by atoms with Gasteiger partial charge in [0.2, 0.25) is 11.9 Å². The highest BCUT2D eigenvalue weighted by Gasteiger charge is 2.22. The summed E-state index contributed by atoms with van der Waals surface area (Å²) in [6, 6.07) is 1.81. The summed E-state index contributed by atoms with van der Waals surface area (Å²) in [7, 11) is 1.77. The van der Waals surface area contributed by atoms with Crippen molar-refractivity contribution in [3.8, 4) is 0 Å². The maximum Gasteiger partial charge on any atom is 0.225 e. The van der Waals surface area contributed by atoms with Gasteiger partial charge in [0.15, 0.2) is 5.96 Å². The van der Waals surface area contributed by atoms with Crippen molar-refractivity contribution in [3.63, 3.8) is 0 Å². The van der Waals surface area contributed by atoms with Crippen molar-refractivity contribution in [2.75, 3.05) is 70.9 Å². The zero-order chi connectivity index (χ0) is 21.9. The van der Waals surface area contributed by atoms with E-state index >= 15 is 0 Å². The normalized spacial score (nSPS) is 18.8. The van der Waals surface area contributed by atoms with Crippen molar-refractivity contribution in [2.24, 2.45) is 10.9 Å². The second-order valence-corrected chi connectivity index (χ2v) is 8.47. The Hall–Kier alpha value is -2.42. The number of carbonyl (C=O) groups is 1. The SMILES string of the molecule is CN=C(NCCCN1CCC(C)CC1)NCCC(=O)N1CCN(c2ncccn2)CC1. The molecular formula is C22H38N8O. The van der Waals surface area contributed by atoms with Crippen LogP contribution in [-0.4, -0.2) is 97.6 Å². The number of piperazine rings is 1. The van der Waals surface area contributed by atoms with Crippen LogP contribution in [0.4, 0.5) is 5.95 Å². The highest BCUT2D eigenvalue weighted by molar-refractivity contribution is 5.81. The highest BCUT2D eigenvalue weighted by Crippen LogP contribution is 2.15. The summed E-state index contributed by atoms with van der Waals surface area (Å²) in [5.74, 6) is 2.56. The predicted octanol–water partition coefficient (Wildman–Crippen LogP) is 0.802. The summed E-state index contributed by atoms with van der Waals surface area (Å²) in [4.78, 5) is 32.0. The summed E-state index contributed by atoms with van der Waals surface area (Å²) < 4.78 is 0. The lowest BCUT2D eigenvalue weighted by Crippen LogP contribution is -2.50. The lowest BCUT2D eigenvalue weighted by Gasteiger charge is -2.34. The zero-order valence-electron chi connectivity index (χ0n) is 19.1. The summed E-state index contributed by atoms with van der Waals surface area (Å²) in [5, 5.41) is 6.63. The second kappa shape index (κ2) is 12.4. The van der Waals surface area contributed by atoms with Crippen molar-refractivity contribution in [2.45, 2.75) is 32.6 Å². The van der Waals surface area contributed by atoms with Gasteiger partial charge in [-0.1, -0.05) is 6.92 Å². The Morgan fingerprint density at radius 3 is 2.42 bits per heavy atom. The number of rotatable bonds is 8. The van der Waals surface area contributed by atoms with E-state index in [-0.39, 0.29) is 5.91 Å². The van der Waals surface area contributed by atoms with Gasteiger partial charge in [0, 0.05) is 65.1 Å². The molecule has 3 rings (SSSR count). The van der Waals surface area contributed by atoms with Crippen LogP contribution in [0.2, 0.25) is 0 Å². The van der Waals surface area contributed by atoms with Crippen molar-refractivity contribution < 1.29 is 4.79 Å². The molecule has 0 radical (unpaired) electrons. The fourth-order valence-corrected chi connectivity index (χ4v) is 4.07. The van der Waals surface area contributed by atoms with Gasteiger partial charge >= 0.3 is 0 Å². The lowest BCUT2D eigenvalue weighted by atomic mass is 9.99. The molecule has 172 valence electrons. The number of piperidine rings is 1. The van der Waals surface area contributed by atoms with Crippen molar-refractivity contribution >= 4 is 17.8 Å². The quantitative estimate of drug-likeness (QED) is 0.358. The Balaban J connectivity index is 1.26. The Kier molecular flexibility index (Phi) is 9.33. The predicted molar refractivity (Wildman–Crippen MR) is 124 cm³/mol. The minimum absolute atomic E-state index is 0.177. The van der Waals surface area contributed by atoms with Gasteiger partial charge < -0.3 is 25.3 Å². The molecule has 0 aliphatic carbocycles. The van der Waals surface area contributed by atoms with E-state index in [1.165, 1.54) is 25.9 Å². The molecule has 1 aromatic rings. The molecule has 0 bridgehead atoms. The summed E-state index contributed by atoms with van der Waals surface area (Å²) in [5.41, 5.74) is 0. The van der Waals surface area contributed by atoms with Crippen LogP contribution in [0.3, 0.4) is 0 Å². The molecule has 1 aromatic heterocycles. The number of nitrogens with zero attached hydrogens (tertiary/aromatic N) is 6. The second-order valence-electron chi connectivity index (χ2n) is 8.47. The molecule has 0 spiro atoms. The largest absolute Gasteiger partial charge is 0.356 e. The Bertz CT molecular complexity index is 682. The fraction of sp³-hybridized carbons (Fsp3) is 0.727. The Labute approximate surface area is 186 Å². The topological polar surface area (TPSA) is 89.0 Å². The van der Waals surface area contributed by atoms with E-state index in [0.717, 1.165) is 50.4 Å². The van der Waals surface area contributed by atoms with Crippen LogP contribution in [-0.2, 0) is 4.79 Å². The monoisotopic (exact) mass is 430 g/mol. The van der Waals surface area contributed by atoms with Crippen molar-refractivity contribution in [1.29, 1.82) is 0 Å². The maximum atomic E-state index is 12.5. The molecular weight excluding hydrogens is 392 g/mol. The molecule has 2 fully saturated rings. The van der Waals surface area contributed by atoms with Crippen LogP contribution in [0.5, 0.6) is 0 Å². The average molecular weight is 431 g/mol. The van der Waals surface area contributed by atoms with E-state index < -0.39 is 0 Å². The molecule has 0 atom stereocenters. The molecule has 2 N–H and O–H groups in total. The molecule has 0 saturated carbocycles. The van der Waals surface area contributed by atoms with E-state index in [1.807, 2.05) is 11.0 Å². The number of hydrogen-bond acceptors (Lipinski definition) is 6. The van der Waals surface area contributed by atoms with Crippen molar-refractivity contribution in [1.82, 2.24) is 30.4 Å². The minimum atomic E-state index is 0.177. The smallest absolute Gasteiger partial charge is 0.225 e. The highest BCUT2D eigenvalue weighted by atomic mass is 16.2. The van der Waals surface area contributed by atoms with Crippen LogP contribution in [0.1, 0.15) is 32.6 Å². The number of guanidine groups is 1. The van der Waals surface area contributed by atoms with Crippen LogP contribution in [0.25, 0.3) is 0 Å². The number of anilines is 1. The number of likely N-dealkylation sites (tertiary alicyclic amines) is 1. The van der Waals surface area contributed by atoms with E-state index in [9.17, 15) is 4.79 Å². The zero-order valence-corrected chi connectivity index (χ0v) is 19.1. The molecule has 31 heavy (non-hydrogen) atoms. The van der Waals surface area contributed by atoms with Gasteiger partial charge in [-0.15, -0.1) is 0 Å². The molecule has 2 aliphatic rings. The molecule has 0 unspecified atom stereocenters. The molecule has 3 heterocycles. The number of hydrogen-bond donors (Lipinski definition) is 2. The first-order valence-corrected chi connectivity index (χ1v) is 11.6. The van der Waals surface area contributed by atoms with Crippen LogP contribution < -0.4 is 15.5 Å². The van der Waals surface area contributed by atoms with E-state index in [0.29, 0.717) is 26.1 Å².